The second-order valence-corrected chi connectivity index (χ2v) is 3.52. The molecule has 0 saturated carbocycles. The third kappa shape index (κ3) is 1.80. The van der Waals surface area contributed by atoms with Crippen LogP contribution in [0, 0.1) is 6.92 Å². The molecule has 1 aromatic rings. The van der Waals surface area contributed by atoms with Gasteiger partial charge >= 0.3 is 0 Å². The van der Waals surface area contributed by atoms with Crippen LogP contribution >= 0.6 is 0 Å². The van der Waals surface area contributed by atoms with Crippen molar-refractivity contribution in [1.29, 1.82) is 0 Å². The molecule has 2 N–H and O–H groups in total. The minimum Gasteiger partial charge on any atom is -0.471 e. The number of nitrogens with one attached hydrogen (secondary N) is 2. The van der Waals surface area contributed by atoms with Gasteiger partial charge in [0.15, 0.2) is 0 Å². The normalized spacial score (nSPS) is 20.3. The van der Waals surface area contributed by atoms with Gasteiger partial charge in [-0.3, -0.25) is 0 Å². The van der Waals surface area contributed by atoms with E-state index in [1.54, 1.807) is 0 Å². The lowest BCUT2D eigenvalue weighted by atomic mass is 10.3. The number of hydrazine groups is 1. The highest BCUT2D eigenvalue weighted by Gasteiger charge is 2.16. The smallest absolute Gasteiger partial charge is 0.239 e. The lowest BCUT2D eigenvalue weighted by Crippen LogP contribution is -2.31. The standard InChI is InChI=1S/C10H15N3O/c1-3-8-6-12-13-9-4-7(2)5-11-10(9)14-8/h4-5,8,12-13H,3,6H2,1-2H3/t8-/m1/s1. The zero-order valence-corrected chi connectivity index (χ0v) is 8.50. The van der Waals surface area contributed by atoms with Crippen LogP contribution in [0.1, 0.15) is 18.9 Å². The minimum absolute atomic E-state index is 0.193. The number of nitrogens with zero attached hydrogens (tertiary/aromatic N) is 1. The van der Waals surface area contributed by atoms with Gasteiger partial charge < -0.3 is 10.2 Å². The lowest BCUT2D eigenvalue weighted by molar-refractivity contribution is 0.196. The van der Waals surface area contributed by atoms with Crippen LogP contribution in [0.25, 0.3) is 0 Å². The fourth-order valence-electron chi connectivity index (χ4n) is 1.43. The lowest BCUT2D eigenvalue weighted by Gasteiger charge is -2.12. The molecule has 0 unspecified atom stereocenters. The van der Waals surface area contributed by atoms with Crippen molar-refractivity contribution in [3.8, 4) is 5.88 Å². The molecular weight excluding hydrogens is 178 g/mol. The fourth-order valence-corrected chi connectivity index (χ4v) is 1.43. The predicted molar refractivity (Wildman–Crippen MR) is 55.3 cm³/mol. The molecule has 0 aromatic carbocycles. The molecule has 1 aromatic heterocycles. The van der Waals surface area contributed by atoms with Crippen LogP contribution in [0.4, 0.5) is 5.69 Å². The molecule has 2 heterocycles. The second kappa shape index (κ2) is 3.84. The zero-order valence-electron chi connectivity index (χ0n) is 8.50. The van der Waals surface area contributed by atoms with E-state index in [9.17, 15) is 0 Å². The molecule has 14 heavy (non-hydrogen) atoms. The number of anilines is 1. The molecule has 0 amide bonds. The van der Waals surface area contributed by atoms with Gasteiger partial charge in [0.05, 0.1) is 6.54 Å². The molecule has 0 saturated heterocycles. The van der Waals surface area contributed by atoms with Crippen LogP contribution in [0.2, 0.25) is 0 Å². The summed E-state index contributed by atoms with van der Waals surface area (Å²) in [5.74, 6) is 0.687. The van der Waals surface area contributed by atoms with E-state index in [0.717, 1.165) is 24.2 Å². The van der Waals surface area contributed by atoms with Crippen LogP contribution in [0.15, 0.2) is 12.3 Å². The Hall–Kier alpha value is -1.29. The molecule has 4 nitrogen and oxygen atoms in total. The molecule has 1 aliphatic rings. The Balaban J connectivity index is 2.27. The fraction of sp³-hybridized carbons (Fsp3) is 0.500. The van der Waals surface area contributed by atoms with Crippen LogP contribution < -0.4 is 15.6 Å². The van der Waals surface area contributed by atoms with Crippen molar-refractivity contribution in [3.05, 3.63) is 17.8 Å². The van der Waals surface area contributed by atoms with Crippen molar-refractivity contribution in [1.82, 2.24) is 10.4 Å². The minimum atomic E-state index is 0.193. The Bertz CT molecular complexity index is 327. The number of rotatable bonds is 1. The summed E-state index contributed by atoms with van der Waals surface area (Å²) in [6.07, 6.45) is 2.99. The molecule has 1 aliphatic heterocycles. The highest BCUT2D eigenvalue weighted by Crippen LogP contribution is 2.24. The topological polar surface area (TPSA) is 46.2 Å². The Labute approximate surface area is 83.7 Å². The van der Waals surface area contributed by atoms with Crippen LogP contribution in [0.5, 0.6) is 5.88 Å². The zero-order chi connectivity index (χ0) is 9.97. The highest BCUT2D eigenvalue weighted by molar-refractivity contribution is 5.53. The highest BCUT2D eigenvalue weighted by atomic mass is 16.5. The first-order chi connectivity index (χ1) is 6.79. The van der Waals surface area contributed by atoms with Crippen LogP contribution in [-0.4, -0.2) is 17.6 Å². The summed E-state index contributed by atoms with van der Waals surface area (Å²) in [7, 11) is 0. The number of pyridine rings is 1. The van der Waals surface area contributed by atoms with Crippen LogP contribution in [-0.2, 0) is 0 Å². The van der Waals surface area contributed by atoms with Crippen molar-refractivity contribution >= 4 is 5.69 Å². The maximum Gasteiger partial charge on any atom is 0.239 e. The van der Waals surface area contributed by atoms with Gasteiger partial charge in [0, 0.05) is 6.20 Å². The molecule has 4 heteroatoms. The Kier molecular flexibility index (Phi) is 2.54. The van der Waals surface area contributed by atoms with E-state index < -0.39 is 0 Å². The van der Waals surface area contributed by atoms with E-state index in [0.29, 0.717) is 5.88 Å². The van der Waals surface area contributed by atoms with Crippen molar-refractivity contribution in [2.75, 3.05) is 12.0 Å². The summed E-state index contributed by atoms with van der Waals surface area (Å²) in [6, 6.07) is 2.02. The largest absolute Gasteiger partial charge is 0.471 e. The molecule has 1 atom stereocenters. The first-order valence-electron chi connectivity index (χ1n) is 4.91. The van der Waals surface area contributed by atoms with E-state index in [2.05, 4.69) is 22.8 Å². The maximum atomic E-state index is 5.72. The summed E-state index contributed by atoms with van der Waals surface area (Å²) < 4.78 is 5.72. The second-order valence-electron chi connectivity index (χ2n) is 3.52. The third-order valence-electron chi connectivity index (χ3n) is 2.27. The molecule has 76 valence electrons. The number of ether oxygens (including phenoxy) is 1. The summed E-state index contributed by atoms with van der Waals surface area (Å²) in [5.41, 5.74) is 8.25. The van der Waals surface area contributed by atoms with Crippen molar-refractivity contribution in [2.24, 2.45) is 0 Å². The summed E-state index contributed by atoms with van der Waals surface area (Å²) in [4.78, 5) is 4.25. The summed E-state index contributed by atoms with van der Waals surface area (Å²) >= 11 is 0. The van der Waals surface area contributed by atoms with E-state index in [-0.39, 0.29) is 6.10 Å². The number of hydrogen-bond acceptors (Lipinski definition) is 4. The van der Waals surface area contributed by atoms with Crippen molar-refractivity contribution in [3.63, 3.8) is 0 Å². The third-order valence-corrected chi connectivity index (χ3v) is 2.27. The molecule has 0 aliphatic carbocycles. The Morgan fingerprint density at radius 1 is 1.64 bits per heavy atom. The molecule has 0 bridgehead atoms. The summed E-state index contributed by atoms with van der Waals surface area (Å²) in [5, 5.41) is 0. The van der Waals surface area contributed by atoms with Gasteiger partial charge in [-0.25, -0.2) is 10.4 Å². The number of aromatic nitrogens is 1. The van der Waals surface area contributed by atoms with E-state index in [4.69, 9.17) is 4.74 Å². The van der Waals surface area contributed by atoms with E-state index in [1.807, 2.05) is 19.2 Å². The summed E-state index contributed by atoms with van der Waals surface area (Å²) in [6.45, 7) is 4.91. The maximum absolute atomic E-state index is 5.72. The Morgan fingerprint density at radius 2 is 2.50 bits per heavy atom. The van der Waals surface area contributed by atoms with E-state index >= 15 is 0 Å². The van der Waals surface area contributed by atoms with E-state index in [1.165, 1.54) is 0 Å². The van der Waals surface area contributed by atoms with Gasteiger partial charge in [0.2, 0.25) is 5.88 Å². The predicted octanol–water partition coefficient (Wildman–Crippen LogP) is 1.48. The molecule has 0 radical (unpaired) electrons. The van der Waals surface area contributed by atoms with Gasteiger partial charge in [-0.15, -0.1) is 0 Å². The number of hydrogen-bond donors (Lipinski definition) is 2. The average Bonchev–Trinajstić information content (AvgIpc) is 2.38. The quantitative estimate of drug-likeness (QED) is 0.709. The van der Waals surface area contributed by atoms with Gasteiger partial charge in [0.1, 0.15) is 11.8 Å². The van der Waals surface area contributed by atoms with Gasteiger partial charge in [0.25, 0.3) is 0 Å². The average molecular weight is 193 g/mol. The van der Waals surface area contributed by atoms with Gasteiger partial charge in [-0.05, 0) is 25.0 Å². The molecule has 0 fully saturated rings. The Morgan fingerprint density at radius 3 is 3.29 bits per heavy atom. The van der Waals surface area contributed by atoms with Gasteiger partial charge in [-0.1, -0.05) is 6.92 Å². The first-order valence-corrected chi connectivity index (χ1v) is 4.91. The monoisotopic (exact) mass is 193 g/mol. The molecular formula is C10H15N3O. The molecule has 2 rings (SSSR count). The first kappa shape index (κ1) is 9.27. The van der Waals surface area contributed by atoms with Crippen molar-refractivity contribution < 1.29 is 4.74 Å². The number of aryl methyl sites for hydroxylation is 1. The SMILES string of the molecule is CC[C@@H]1CNNc2cc(C)cnc2O1. The van der Waals surface area contributed by atoms with Crippen LogP contribution in [0.3, 0.4) is 0 Å². The van der Waals surface area contributed by atoms with Gasteiger partial charge in [-0.2, -0.15) is 0 Å². The van der Waals surface area contributed by atoms with Crippen molar-refractivity contribution in [2.45, 2.75) is 26.4 Å². The molecule has 0 spiro atoms. The number of fused-ring (bicyclic) bond motifs is 1.